The van der Waals surface area contributed by atoms with Crippen molar-refractivity contribution in [3.63, 3.8) is 0 Å². The van der Waals surface area contributed by atoms with Gasteiger partial charge in [0.2, 0.25) is 0 Å². The summed E-state index contributed by atoms with van der Waals surface area (Å²) < 4.78 is 11.0. The highest BCUT2D eigenvalue weighted by Gasteiger charge is 2.21. The molecule has 3 rings (SSSR count). The predicted molar refractivity (Wildman–Crippen MR) is 181 cm³/mol. The topological polar surface area (TPSA) is 93.1 Å². The van der Waals surface area contributed by atoms with Crippen molar-refractivity contribution in [2.45, 2.75) is 84.3 Å². The molecule has 2 unspecified atom stereocenters. The van der Waals surface area contributed by atoms with Crippen molar-refractivity contribution in [1.82, 2.24) is 0 Å². The molecule has 2 atom stereocenters. The number of hydrogen-bond acceptors (Lipinski definition) is 6. The maximum Gasteiger partial charge on any atom is 0.333 e. The summed E-state index contributed by atoms with van der Waals surface area (Å²) in [4.78, 5) is 25.0. The summed E-state index contributed by atoms with van der Waals surface area (Å²) in [6, 6.07) is 23.2. The molecule has 240 valence electrons. The Kier molecular flexibility index (Phi) is 13.8. The van der Waals surface area contributed by atoms with Gasteiger partial charge in [-0.05, 0) is 72.6 Å². The number of ether oxygens (including phenoxy) is 2. The van der Waals surface area contributed by atoms with Gasteiger partial charge in [-0.2, -0.15) is 0 Å². The Balaban J connectivity index is 1.75. The molecule has 2 N–H and O–H groups in total. The molecule has 0 spiro atoms. The first-order valence-corrected chi connectivity index (χ1v) is 15.8. The Morgan fingerprint density at radius 1 is 0.733 bits per heavy atom. The molecule has 6 nitrogen and oxygen atoms in total. The highest BCUT2D eigenvalue weighted by Crippen LogP contribution is 2.30. The summed E-state index contributed by atoms with van der Waals surface area (Å²) in [6.45, 7) is 14.8. The van der Waals surface area contributed by atoms with Crippen LogP contribution in [0.5, 0.6) is 0 Å². The molecule has 0 saturated heterocycles. The number of benzene rings is 3. The van der Waals surface area contributed by atoms with Crippen molar-refractivity contribution >= 4 is 11.9 Å². The molecular weight excluding hydrogens is 564 g/mol. The summed E-state index contributed by atoms with van der Waals surface area (Å²) in [7, 11) is 0. The summed E-state index contributed by atoms with van der Waals surface area (Å²) in [6.07, 6.45) is 3.60. The maximum absolute atomic E-state index is 12.5. The lowest BCUT2D eigenvalue weighted by Crippen LogP contribution is -2.22. The first-order chi connectivity index (χ1) is 21.5. The van der Waals surface area contributed by atoms with Crippen LogP contribution in [0, 0.1) is 6.92 Å². The monoisotopic (exact) mass is 612 g/mol. The normalized spacial score (nSPS) is 13.0. The van der Waals surface area contributed by atoms with Gasteiger partial charge in [0, 0.05) is 24.0 Å². The van der Waals surface area contributed by atoms with Gasteiger partial charge in [-0.3, -0.25) is 0 Å². The largest absolute Gasteiger partial charge is 0.462 e. The summed E-state index contributed by atoms with van der Waals surface area (Å²) in [5.74, 6) is -1.66. The van der Waals surface area contributed by atoms with Crippen molar-refractivity contribution in [2.75, 3.05) is 13.2 Å². The molecule has 0 saturated carbocycles. The average molecular weight is 613 g/mol. The van der Waals surface area contributed by atoms with Gasteiger partial charge in [0.25, 0.3) is 0 Å². The van der Waals surface area contributed by atoms with Crippen molar-refractivity contribution in [2.24, 2.45) is 0 Å². The number of aryl methyl sites for hydroxylation is 2. The molecule has 0 bridgehead atoms. The number of carbonyl (C=O) groups is 2. The van der Waals surface area contributed by atoms with E-state index in [9.17, 15) is 19.8 Å². The zero-order valence-corrected chi connectivity index (χ0v) is 27.2. The molecule has 6 heteroatoms. The minimum atomic E-state index is -0.715. The van der Waals surface area contributed by atoms with E-state index in [1.807, 2.05) is 24.3 Å². The van der Waals surface area contributed by atoms with Crippen molar-refractivity contribution in [3.8, 4) is 22.3 Å². The third-order valence-electron chi connectivity index (χ3n) is 7.77. The fourth-order valence-corrected chi connectivity index (χ4v) is 5.22. The van der Waals surface area contributed by atoms with E-state index in [1.54, 1.807) is 13.8 Å². The lowest BCUT2D eigenvalue weighted by Gasteiger charge is -2.19. The summed E-state index contributed by atoms with van der Waals surface area (Å²) in [5, 5.41) is 19.2. The Morgan fingerprint density at radius 3 is 1.73 bits per heavy atom. The van der Waals surface area contributed by atoms with Gasteiger partial charge in [0.05, 0.1) is 18.1 Å². The van der Waals surface area contributed by atoms with E-state index in [0.717, 1.165) is 28.7 Å². The van der Waals surface area contributed by atoms with Crippen molar-refractivity contribution in [3.05, 3.63) is 108 Å². The fraction of sp³-hybridized carbons (Fsp3) is 0.385. The summed E-state index contributed by atoms with van der Waals surface area (Å²) >= 11 is 0. The van der Waals surface area contributed by atoms with E-state index in [4.69, 9.17) is 9.47 Å². The second-order valence-electron chi connectivity index (χ2n) is 12.0. The van der Waals surface area contributed by atoms with Crippen LogP contribution < -0.4 is 0 Å². The Hall–Kier alpha value is -4.00. The van der Waals surface area contributed by atoms with Gasteiger partial charge in [-0.1, -0.05) is 99.7 Å². The number of unbranched alkanes of at least 4 members (excludes halogenated alkanes) is 2. The van der Waals surface area contributed by atoms with Crippen molar-refractivity contribution < 1.29 is 29.3 Å². The van der Waals surface area contributed by atoms with Crippen LogP contribution in [0.2, 0.25) is 0 Å². The molecule has 0 amide bonds. The van der Waals surface area contributed by atoms with Crippen LogP contribution >= 0.6 is 0 Å². The number of hydrogen-bond donors (Lipinski definition) is 2. The molecule has 0 aliphatic heterocycles. The second kappa shape index (κ2) is 17.5. The smallest absolute Gasteiger partial charge is 0.333 e. The number of aliphatic hydroxyl groups is 2. The number of esters is 2. The third kappa shape index (κ3) is 11.1. The van der Waals surface area contributed by atoms with Gasteiger partial charge >= 0.3 is 11.9 Å². The van der Waals surface area contributed by atoms with Gasteiger partial charge < -0.3 is 19.7 Å². The Bertz CT molecular complexity index is 1400. The van der Waals surface area contributed by atoms with E-state index in [0.29, 0.717) is 0 Å². The lowest BCUT2D eigenvalue weighted by atomic mass is 9.93. The molecular formula is C39H48O6. The molecule has 0 aliphatic carbocycles. The number of aliphatic hydroxyl groups excluding tert-OH is 2. The summed E-state index contributed by atoms with van der Waals surface area (Å²) in [5.41, 5.74) is 8.21. The van der Waals surface area contributed by atoms with Crippen LogP contribution in [0.15, 0.2) is 91.0 Å². The van der Waals surface area contributed by atoms with Gasteiger partial charge in [-0.15, -0.1) is 0 Å². The highest BCUT2D eigenvalue weighted by atomic mass is 16.5. The van der Waals surface area contributed by atoms with E-state index < -0.39 is 30.1 Å². The van der Waals surface area contributed by atoms with E-state index in [1.165, 1.54) is 36.0 Å². The van der Waals surface area contributed by atoms with E-state index in [2.05, 4.69) is 69.5 Å². The quantitative estimate of drug-likeness (QED) is 0.0915. The fourth-order valence-electron chi connectivity index (χ4n) is 5.22. The minimum Gasteiger partial charge on any atom is -0.462 e. The maximum atomic E-state index is 12.5. The Labute approximate surface area is 268 Å². The molecule has 0 fully saturated rings. The molecule has 45 heavy (non-hydrogen) atoms. The van der Waals surface area contributed by atoms with Gasteiger partial charge in [-0.25, -0.2) is 9.59 Å². The first kappa shape index (κ1) is 35.5. The molecule has 3 aromatic carbocycles. The van der Waals surface area contributed by atoms with Gasteiger partial charge in [0.15, 0.2) is 0 Å². The van der Waals surface area contributed by atoms with Crippen LogP contribution in [-0.2, 0) is 25.5 Å². The standard InChI is InChI=1S/C39H48O6/c1-7-8-9-10-31-11-13-32(14-12-31)35-19-20-37(26(2)23-35)34-17-15-33(16-18-34)36(24-44-38(42)27(3)21-29(5)40)25-45-39(43)28(4)22-30(6)41/h11-20,23,29-30,36,40-41H,3-4,7-10,21-22,24-25H2,1-2,5-6H3. The number of carbonyl (C=O) groups excluding carboxylic acids is 2. The molecule has 0 aliphatic rings. The number of rotatable bonds is 17. The molecule has 0 radical (unpaired) electrons. The van der Waals surface area contributed by atoms with Crippen LogP contribution in [0.4, 0.5) is 0 Å². The highest BCUT2D eigenvalue weighted by molar-refractivity contribution is 5.88. The van der Waals surface area contributed by atoms with Crippen molar-refractivity contribution in [1.29, 1.82) is 0 Å². The predicted octanol–water partition coefficient (Wildman–Crippen LogP) is 7.89. The first-order valence-electron chi connectivity index (χ1n) is 15.8. The van der Waals surface area contributed by atoms with Crippen LogP contribution in [0.1, 0.15) is 75.5 Å². The van der Waals surface area contributed by atoms with Gasteiger partial charge in [0.1, 0.15) is 13.2 Å². The molecule has 0 aromatic heterocycles. The zero-order valence-electron chi connectivity index (χ0n) is 27.2. The third-order valence-corrected chi connectivity index (χ3v) is 7.77. The molecule has 3 aromatic rings. The second-order valence-corrected chi connectivity index (χ2v) is 12.0. The lowest BCUT2D eigenvalue weighted by molar-refractivity contribution is -0.143. The van der Waals surface area contributed by atoms with Crippen LogP contribution in [0.3, 0.4) is 0 Å². The van der Waals surface area contributed by atoms with E-state index >= 15 is 0 Å². The minimum absolute atomic E-state index is 0.0434. The van der Waals surface area contributed by atoms with Crippen LogP contribution in [0.25, 0.3) is 22.3 Å². The average Bonchev–Trinajstić information content (AvgIpc) is 3.00. The van der Waals surface area contributed by atoms with E-state index in [-0.39, 0.29) is 37.2 Å². The van der Waals surface area contributed by atoms with Crippen LogP contribution in [-0.4, -0.2) is 47.6 Å². The zero-order chi connectivity index (χ0) is 32.9. The Morgan fingerprint density at radius 2 is 1.24 bits per heavy atom. The SMILES string of the molecule is C=C(CC(C)O)C(=O)OCC(COC(=O)C(=C)CC(C)O)c1ccc(-c2ccc(-c3ccc(CCCCC)cc3)cc2C)cc1. The molecule has 0 heterocycles.